The van der Waals surface area contributed by atoms with Crippen LogP contribution in [0.4, 0.5) is 0 Å². The zero-order chi connectivity index (χ0) is 12.1. The molecule has 0 bridgehead atoms. The number of nitrogens with one attached hydrogen (secondary N) is 1. The van der Waals surface area contributed by atoms with Crippen LogP contribution in [0.25, 0.3) is 0 Å². The van der Waals surface area contributed by atoms with E-state index in [-0.39, 0.29) is 5.97 Å². The van der Waals surface area contributed by atoms with Gasteiger partial charge in [-0.15, -0.1) is 11.3 Å². The van der Waals surface area contributed by atoms with Crippen LogP contribution in [0.1, 0.15) is 24.9 Å². The van der Waals surface area contributed by atoms with Crippen molar-refractivity contribution in [2.75, 3.05) is 13.7 Å². The van der Waals surface area contributed by atoms with Crippen molar-refractivity contribution in [3.05, 3.63) is 15.5 Å². The maximum atomic E-state index is 11.6. The quantitative estimate of drug-likeness (QED) is 0.827. The zero-order valence-electron chi connectivity index (χ0n) is 9.49. The lowest BCUT2D eigenvalue weighted by Crippen LogP contribution is -2.32. The number of thiazole rings is 1. The fourth-order valence-corrected chi connectivity index (χ4v) is 2.14. The van der Waals surface area contributed by atoms with Crippen molar-refractivity contribution in [2.24, 2.45) is 5.92 Å². The van der Waals surface area contributed by atoms with Gasteiger partial charge in [-0.25, -0.2) is 9.78 Å². The Hall–Kier alpha value is -0.650. The molecule has 1 aromatic rings. The summed E-state index contributed by atoms with van der Waals surface area (Å²) < 4.78 is 5.30. The van der Waals surface area contributed by atoms with Crippen molar-refractivity contribution >= 4 is 28.9 Å². The van der Waals surface area contributed by atoms with Gasteiger partial charge in [0, 0.05) is 0 Å². The molecule has 16 heavy (non-hydrogen) atoms. The minimum atomic E-state index is -0.523. The first kappa shape index (κ1) is 13.4. The molecule has 0 aliphatic heterocycles. The van der Waals surface area contributed by atoms with Crippen LogP contribution in [0.2, 0.25) is 4.34 Å². The van der Waals surface area contributed by atoms with Crippen molar-refractivity contribution in [3.8, 4) is 0 Å². The molecule has 90 valence electrons. The van der Waals surface area contributed by atoms with Gasteiger partial charge in [-0.3, -0.25) is 5.32 Å². The van der Waals surface area contributed by atoms with Crippen LogP contribution >= 0.6 is 22.9 Å². The molecule has 1 unspecified atom stereocenters. The predicted molar refractivity (Wildman–Crippen MR) is 64.7 cm³/mol. The SMILES string of the molecule is COC(=O)C(NCC(C)C)c1ncc(Cl)s1. The second-order valence-electron chi connectivity index (χ2n) is 3.76. The summed E-state index contributed by atoms with van der Waals surface area (Å²) in [5.74, 6) is 0.106. The summed E-state index contributed by atoms with van der Waals surface area (Å²) in [4.78, 5) is 15.7. The summed E-state index contributed by atoms with van der Waals surface area (Å²) in [5, 5.41) is 3.75. The Morgan fingerprint density at radius 3 is 2.81 bits per heavy atom. The maximum Gasteiger partial charge on any atom is 0.330 e. The molecule has 0 aliphatic carbocycles. The number of carbonyl (C=O) groups excluding carboxylic acids is 1. The zero-order valence-corrected chi connectivity index (χ0v) is 11.1. The van der Waals surface area contributed by atoms with E-state index >= 15 is 0 Å². The van der Waals surface area contributed by atoms with E-state index in [2.05, 4.69) is 24.1 Å². The summed E-state index contributed by atoms with van der Waals surface area (Å²) in [6.45, 7) is 4.85. The van der Waals surface area contributed by atoms with E-state index in [1.165, 1.54) is 24.6 Å². The van der Waals surface area contributed by atoms with Crippen LogP contribution in [0, 0.1) is 5.92 Å². The van der Waals surface area contributed by atoms with Crippen LogP contribution in [0.5, 0.6) is 0 Å². The van der Waals surface area contributed by atoms with Crippen LogP contribution in [-0.2, 0) is 9.53 Å². The third-order valence-electron chi connectivity index (χ3n) is 1.91. The lowest BCUT2D eigenvalue weighted by molar-refractivity contribution is -0.143. The second-order valence-corrected chi connectivity index (χ2v) is 5.45. The Morgan fingerprint density at radius 2 is 2.38 bits per heavy atom. The fourth-order valence-electron chi connectivity index (χ4n) is 1.14. The first-order valence-electron chi connectivity index (χ1n) is 4.97. The van der Waals surface area contributed by atoms with Crippen molar-refractivity contribution < 1.29 is 9.53 Å². The van der Waals surface area contributed by atoms with Crippen molar-refractivity contribution in [1.82, 2.24) is 10.3 Å². The molecular weight excluding hydrogens is 248 g/mol. The van der Waals surface area contributed by atoms with Crippen molar-refractivity contribution in [3.63, 3.8) is 0 Å². The number of halogens is 1. The minimum absolute atomic E-state index is 0.341. The average Bonchev–Trinajstić information content (AvgIpc) is 2.64. The van der Waals surface area contributed by atoms with Gasteiger partial charge in [0.15, 0.2) is 6.04 Å². The average molecular weight is 263 g/mol. The van der Waals surface area contributed by atoms with Crippen LogP contribution in [0.15, 0.2) is 6.20 Å². The summed E-state index contributed by atoms with van der Waals surface area (Å²) in [6.07, 6.45) is 1.54. The molecule has 0 aliphatic rings. The summed E-state index contributed by atoms with van der Waals surface area (Å²) in [7, 11) is 1.36. The number of ether oxygens (including phenoxy) is 1. The Morgan fingerprint density at radius 1 is 1.69 bits per heavy atom. The Kier molecular flexibility index (Phi) is 5.18. The monoisotopic (exact) mass is 262 g/mol. The van der Waals surface area contributed by atoms with Crippen molar-refractivity contribution in [1.29, 1.82) is 0 Å². The van der Waals surface area contributed by atoms with E-state index in [1.807, 2.05) is 0 Å². The summed E-state index contributed by atoms with van der Waals surface area (Å²) in [5.41, 5.74) is 0. The van der Waals surface area contributed by atoms with E-state index in [4.69, 9.17) is 16.3 Å². The molecule has 6 heteroatoms. The van der Waals surface area contributed by atoms with Gasteiger partial charge in [0.1, 0.15) is 9.34 Å². The van der Waals surface area contributed by atoms with Crippen molar-refractivity contribution in [2.45, 2.75) is 19.9 Å². The highest BCUT2D eigenvalue weighted by molar-refractivity contribution is 7.16. The molecule has 1 atom stereocenters. The van der Waals surface area contributed by atoms with E-state index in [0.717, 1.165) is 6.54 Å². The number of esters is 1. The van der Waals surface area contributed by atoms with Gasteiger partial charge in [0.05, 0.1) is 13.3 Å². The van der Waals surface area contributed by atoms with E-state index in [1.54, 1.807) is 0 Å². The van der Waals surface area contributed by atoms with Crippen LogP contribution in [-0.4, -0.2) is 24.6 Å². The third kappa shape index (κ3) is 3.73. The largest absolute Gasteiger partial charge is 0.468 e. The lowest BCUT2D eigenvalue weighted by atomic mass is 10.2. The number of rotatable bonds is 5. The van der Waals surface area contributed by atoms with Gasteiger partial charge in [0.2, 0.25) is 0 Å². The topological polar surface area (TPSA) is 51.2 Å². The third-order valence-corrected chi connectivity index (χ3v) is 3.09. The highest BCUT2D eigenvalue weighted by atomic mass is 35.5. The van der Waals surface area contributed by atoms with Gasteiger partial charge in [-0.1, -0.05) is 25.4 Å². The minimum Gasteiger partial charge on any atom is -0.468 e. The highest BCUT2D eigenvalue weighted by Gasteiger charge is 2.24. The predicted octanol–water partition coefficient (Wildman–Crippen LogP) is 2.26. The van der Waals surface area contributed by atoms with Crippen LogP contribution in [0.3, 0.4) is 0 Å². The number of hydrogen-bond donors (Lipinski definition) is 1. The first-order valence-corrected chi connectivity index (χ1v) is 6.16. The first-order chi connectivity index (χ1) is 7.54. The molecule has 0 spiro atoms. The molecule has 1 heterocycles. The van der Waals surface area contributed by atoms with E-state index in [0.29, 0.717) is 15.3 Å². The number of nitrogens with zero attached hydrogens (tertiary/aromatic N) is 1. The molecule has 4 nitrogen and oxygen atoms in total. The number of methoxy groups -OCH3 is 1. The molecule has 1 rings (SSSR count). The van der Waals surface area contributed by atoms with E-state index in [9.17, 15) is 4.79 Å². The molecule has 0 saturated heterocycles. The molecule has 1 aromatic heterocycles. The standard InChI is InChI=1S/C10H15ClN2O2S/c1-6(2)4-12-8(10(14)15-3)9-13-5-7(11)16-9/h5-6,8,12H,4H2,1-3H3. The van der Waals surface area contributed by atoms with Crippen LogP contribution < -0.4 is 5.32 Å². The normalized spacial score (nSPS) is 12.8. The Balaban J connectivity index is 2.75. The fraction of sp³-hybridized carbons (Fsp3) is 0.600. The molecule has 0 saturated carbocycles. The highest BCUT2D eigenvalue weighted by Crippen LogP contribution is 2.24. The summed E-state index contributed by atoms with van der Waals surface area (Å²) in [6, 6.07) is -0.523. The van der Waals surface area contributed by atoms with E-state index < -0.39 is 6.04 Å². The lowest BCUT2D eigenvalue weighted by Gasteiger charge is -2.15. The van der Waals surface area contributed by atoms with Gasteiger partial charge >= 0.3 is 5.97 Å². The van der Waals surface area contributed by atoms with Gasteiger partial charge < -0.3 is 4.74 Å². The Labute approximate surface area is 104 Å². The number of aromatic nitrogens is 1. The second kappa shape index (κ2) is 6.18. The summed E-state index contributed by atoms with van der Waals surface area (Å²) >= 11 is 7.07. The maximum absolute atomic E-state index is 11.6. The molecule has 0 aromatic carbocycles. The smallest absolute Gasteiger partial charge is 0.330 e. The van der Waals surface area contributed by atoms with Gasteiger partial charge in [0.25, 0.3) is 0 Å². The van der Waals surface area contributed by atoms with Gasteiger partial charge in [-0.05, 0) is 12.5 Å². The number of carbonyl (C=O) groups is 1. The molecule has 0 fully saturated rings. The Bertz CT molecular complexity index is 354. The molecular formula is C10H15ClN2O2S. The molecule has 0 amide bonds. The van der Waals surface area contributed by atoms with Gasteiger partial charge in [-0.2, -0.15) is 0 Å². The molecule has 0 radical (unpaired) electrons. The molecule has 1 N–H and O–H groups in total. The number of hydrogen-bond acceptors (Lipinski definition) is 5.